The van der Waals surface area contributed by atoms with Gasteiger partial charge in [0.2, 0.25) is 11.8 Å². The predicted molar refractivity (Wildman–Crippen MR) is 107 cm³/mol. The number of nitriles is 1. The van der Waals surface area contributed by atoms with Crippen molar-refractivity contribution in [3.63, 3.8) is 0 Å². The summed E-state index contributed by atoms with van der Waals surface area (Å²) in [4.78, 5) is 0. The van der Waals surface area contributed by atoms with E-state index in [0.717, 1.165) is 29.7 Å². The van der Waals surface area contributed by atoms with Gasteiger partial charge in [0, 0.05) is 5.92 Å². The SMILES string of the molecule is CCCCCCCCCC1C(C#N)=C(N)Oc2n[nH]c(-c3ccccc3)c21. The van der Waals surface area contributed by atoms with E-state index in [1.54, 1.807) is 0 Å². The lowest BCUT2D eigenvalue weighted by molar-refractivity contribution is 0.369. The summed E-state index contributed by atoms with van der Waals surface area (Å²) in [5, 5.41) is 17.1. The molecule has 0 aliphatic carbocycles. The molecule has 27 heavy (non-hydrogen) atoms. The van der Waals surface area contributed by atoms with E-state index in [9.17, 15) is 5.26 Å². The number of allylic oxidation sites excluding steroid dienone is 1. The topological polar surface area (TPSA) is 87.7 Å². The smallest absolute Gasteiger partial charge is 0.244 e. The zero-order valence-electron chi connectivity index (χ0n) is 16.0. The van der Waals surface area contributed by atoms with Crippen molar-refractivity contribution in [1.29, 1.82) is 5.26 Å². The van der Waals surface area contributed by atoms with E-state index in [1.807, 2.05) is 30.3 Å². The van der Waals surface area contributed by atoms with E-state index >= 15 is 0 Å². The number of aromatic amines is 1. The van der Waals surface area contributed by atoms with Crippen molar-refractivity contribution in [1.82, 2.24) is 10.2 Å². The van der Waals surface area contributed by atoms with Crippen molar-refractivity contribution in [3.05, 3.63) is 47.4 Å². The number of hydrogen-bond acceptors (Lipinski definition) is 4. The molecule has 0 bridgehead atoms. The maximum absolute atomic E-state index is 9.66. The fraction of sp³-hybridized carbons (Fsp3) is 0.455. The van der Waals surface area contributed by atoms with Gasteiger partial charge < -0.3 is 10.5 Å². The first-order valence-corrected chi connectivity index (χ1v) is 9.97. The summed E-state index contributed by atoms with van der Waals surface area (Å²) >= 11 is 0. The minimum absolute atomic E-state index is 0.0663. The van der Waals surface area contributed by atoms with E-state index in [-0.39, 0.29) is 11.8 Å². The Balaban J connectivity index is 1.76. The van der Waals surface area contributed by atoms with Crippen molar-refractivity contribution in [3.8, 4) is 23.2 Å². The first kappa shape index (κ1) is 19.0. The highest BCUT2D eigenvalue weighted by Gasteiger charge is 2.33. The van der Waals surface area contributed by atoms with Crippen molar-refractivity contribution in [2.45, 2.75) is 64.2 Å². The number of hydrogen-bond donors (Lipinski definition) is 2. The summed E-state index contributed by atoms with van der Waals surface area (Å²) in [6, 6.07) is 12.3. The van der Waals surface area contributed by atoms with Gasteiger partial charge >= 0.3 is 0 Å². The van der Waals surface area contributed by atoms with Crippen LogP contribution in [0.3, 0.4) is 0 Å². The molecule has 3 N–H and O–H groups in total. The van der Waals surface area contributed by atoms with Crippen LogP contribution in [0.4, 0.5) is 0 Å². The third kappa shape index (κ3) is 4.33. The second-order valence-electron chi connectivity index (χ2n) is 7.14. The second-order valence-corrected chi connectivity index (χ2v) is 7.14. The number of aromatic nitrogens is 2. The fourth-order valence-electron chi connectivity index (χ4n) is 3.76. The van der Waals surface area contributed by atoms with Gasteiger partial charge in [-0.15, -0.1) is 5.10 Å². The van der Waals surface area contributed by atoms with Crippen LogP contribution in [-0.2, 0) is 0 Å². The van der Waals surface area contributed by atoms with Crippen LogP contribution in [0, 0.1) is 11.3 Å². The Bertz CT molecular complexity index is 817. The van der Waals surface area contributed by atoms with Crippen LogP contribution >= 0.6 is 0 Å². The Morgan fingerprint density at radius 1 is 1.11 bits per heavy atom. The Hall–Kier alpha value is -2.74. The van der Waals surface area contributed by atoms with Crippen molar-refractivity contribution >= 4 is 0 Å². The number of nitrogens with one attached hydrogen (secondary N) is 1. The van der Waals surface area contributed by atoms with E-state index in [2.05, 4.69) is 23.2 Å². The fourth-order valence-corrected chi connectivity index (χ4v) is 3.76. The monoisotopic (exact) mass is 364 g/mol. The third-order valence-electron chi connectivity index (χ3n) is 5.22. The molecule has 1 atom stereocenters. The van der Waals surface area contributed by atoms with Gasteiger partial charge in [0.25, 0.3) is 0 Å². The summed E-state index contributed by atoms with van der Waals surface area (Å²) in [5.41, 5.74) is 9.44. The largest absolute Gasteiger partial charge is 0.420 e. The molecule has 1 aromatic carbocycles. The molecule has 0 spiro atoms. The van der Waals surface area contributed by atoms with Crippen LogP contribution in [0.15, 0.2) is 41.8 Å². The molecule has 142 valence electrons. The zero-order valence-corrected chi connectivity index (χ0v) is 16.0. The van der Waals surface area contributed by atoms with Gasteiger partial charge in [-0.05, 0) is 12.0 Å². The Morgan fingerprint density at radius 3 is 2.52 bits per heavy atom. The molecule has 1 aromatic heterocycles. The maximum Gasteiger partial charge on any atom is 0.244 e. The molecule has 0 fully saturated rings. The molecule has 0 amide bonds. The first-order valence-electron chi connectivity index (χ1n) is 9.97. The summed E-state index contributed by atoms with van der Waals surface area (Å²) < 4.78 is 5.63. The van der Waals surface area contributed by atoms with Gasteiger partial charge in [-0.1, -0.05) is 82.2 Å². The number of rotatable bonds is 9. The quantitative estimate of drug-likeness (QED) is 0.584. The number of benzene rings is 1. The van der Waals surface area contributed by atoms with Gasteiger partial charge in [-0.2, -0.15) is 5.26 Å². The number of unbranched alkanes of at least 4 members (excludes halogenated alkanes) is 6. The zero-order chi connectivity index (χ0) is 19.1. The number of nitrogens with two attached hydrogens (primary N) is 1. The van der Waals surface area contributed by atoms with Gasteiger partial charge in [-0.3, -0.25) is 5.10 Å². The van der Waals surface area contributed by atoms with Crippen LogP contribution in [0.5, 0.6) is 5.88 Å². The summed E-state index contributed by atoms with van der Waals surface area (Å²) in [6.45, 7) is 2.23. The predicted octanol–water partition coefficient (Wildman–Crippen LogP) is 5.39. The van der Waals surface area contributed by atoms with E-state index in [1.165, 1.54) is 38.5 Å². The molecule has 0 saturated carbocycles. The molecular formula is C22H28N4O. The Kier molecular flexibility index (Phi) is 6.54. The minimum Gasteiger partial charge on any atom is -0.420 e. The van der Waals surface area contributed by atoms with Crippen molar-refractivity contribution in [2.24, 2.45) is 5.73 Å². The average molecular weight is 364 g/mol. The summed E-state index contributed by atoms with van der Waals surface area (Å²) in [7, 11) is 0. The molecule has 2 aromatic rings. The van der Waals surface area contributed by atoms with Crippen LogP contribution < -0.4 is 10.5 Å². The molecule has 3 rings (SSSR count). The van der Waals surface area contributed by atoms with Gasteiger partial charge in [0.05, 0.1) is 16.8 Å². The molecule has 1 aliphatic heterocycles. The first-order chi connectivity index (χ1) is 13.3. The normalized spacial score (nSPS) is 15.9. The highest BCUT2D eigenvalue weighted by Crippen LogP contribution is 2.44. The molecule has 1 aliphatic rings. The number of H-pyrrole nitrogens is 1. The number of fused-ring (bicyclic) bond motifs is 1. The van der Waals surface area contributed by atoms with Crippen LogP contribution in [0.1, 0.15) is 69.8 Å². The minimum atomic E-state index is -0.0663. The molecule has 2 heterocycles. The maximum atomic E-state index is 9.66. The number of nitrogens with zero attached hydrogens (tertiary/aromatic N) is 2. The summed E-state index contributed by atoms with van der Waals surface area (Å²) in [5.74, 6) is 0.616. The Morgan fingerprint density at radius 2 is 1.81 bits per heavy atom. The lowest BCUT2D eigenvalue weighted by Gasteiger charge is -2.23. The molecule has 5 nitrogen and oxygen atoms in total. The molecule has 1 unspecified atom stereocenters. The molecular weight excluding hydrogens is 336 g/mol. The average Bonchev–Trinajstić information content (AvgIpc) is 3.11. The van der Waals surface area contributed by atoms with Gasteiger partial charge in [0.15, 0.2) is 0 Å². The lowest BCUT2D eigenvalue weighted by Crippen LogP contribution is -2.20. The second kappa shape index (κ2) is 9.27. The molecule has 0 radical (unpaired) electrons. The lowest BCUT2D eigenvalue weighted by atomic mass is 9.84. The summed E-state index contributed by atoms with van der Waals surface area (Å²) in [6.07, 6.45) is 9.55. The third-order valence-corrected chi connectivity index (χ3v) is 5.22. The van der Waals surface area contributed by atoms with Crippen LogP contribution in [-0.4, -0.2) is 10.2 Å². The van der Waals surface area contributed by atoms with E-state index in [0.29, 0.717) is 11.5 Å². The van der Waals surface area contributed by atoms with Crippen LogP contribution in [0.25, 0.3) is 11.3 Å². The molecule has 0 saturated heterocycles. The standard InChI is InChI=1S/C22H28N4O/c1-2-3-4-5-6-7-11-14-17-18(15-23)21(24)27-22-19(17)20(25-26-22)16-12-9-8-10-13-16/h8-10,12-13,17H,2-7,11,14,24H2,1H3,(H,25,26). The highest BCUT2D eigenvalue weighted by molar-refractivity contribution is 5.68. The Labute approximate surface area is 161 Å². The van der Waals surface area contributed by atoms with Crippen LogP contribution in [0.2, 0.25) is 0 Å². The van der Waals surface area contributed by atoms with Crippen molar-refractivity contribution in [2.75, 3.05) is 0 Å². The number of ether oxygens (including phenoxy) is 1. The van der Waals surface area contributed by atoms with Gasteiger partial charge in [0.1, 0.15) is 6.07 Å². The molecule has 5 heteroatoms. The van der Waals surface area contributed by atoms with E-state index in [4.69, 9.17) is 10.5 Å². The van der Waals surface area contributed by atoms with Gasteiger partial charge in [-0.25, -0.2) is 0 Å². The van der Waals surface area contributed by atoms with Crippen molar-refractivity contribution < 1.29 is 4.74 Å². The highest BCUT2D eigenvalue weighted by atomic mass is 16.5. The van der Waals surface area contributed by atoms with E-state index < -0.39 is 0 Å².